The molecule has 0 spiro atoms. The summed E-state index contributed by atoms with van der Waals surface area (Å²) < 4.78 is 26.5. The van der Waals surface area contributed by atoms with Gasteiger partial charge in [-0.15, -0.1) is 0 Å². The summed E-state index contributed by atoms with van der Waals surface area (Å²) in [5.74, 6) is -0.0356. The monoisotopic (exact) mass is 311 g/mol. The molecule has 0 aliphatic rings. The summed E-state index contributed by atoms with van der Waals surface area (Å²) in [6.07, 6.45) is 2.00. The van der Waals surface area contributed by atoms with Crippen LogP contribution < -0.4 is 4.72 Å². The van der Waals surface area contributed by atoms with E-state index in [1.165, 1.54) is 0 Å². The molecule has 5 nitrogen and oxygen atoms in total. The quantitative estimate of drug-likeness (QED) is 0.861. The summed E-state index contributed by atoms with van der Waals surface area (Å²) in [6, 6.07) is 8.56. The van der Waals surface area contributed by atoms with Crippen molar-refractivity contribution >= 4 is 27.3 Å². The molecule has 106 valence electrons. The van der Waals surface area contributed by atoms with Crippen LogP contribution >= 0.6 is 11.6 Å². The molecule has 2 rings (SSSR count). The van der Waals surface area contributed by atoms with E-state index in [2.05, 4.69) is 14.7 Å². The average Bonchev–Trinajstić information content (AvgIpc) is 2.41. The highest BCUT2D eigenvalue weighted by Crippen LogP contribution is 2.17. The maximum absolute atomic E-state index is 12.0. The Bertz CT molecular complexity index is 690. The van der Waals surface area contributed by atoms with Crippen molar-refractivity contribution in [3.05, 3.63) is 53.1 Å². The number of anilines is 1. The number of aryl methyl sites for hydroxylation is 2. The summed E-state index contributed by atoms with van der Waals surface area (Å²) in [5, 5.41) is 0.332. The van der Waals surface area contributed by atoms with Crippen LogP contribution in [-0.4, -0.2) is 24.1 Å². The van der Waals surface area contributed by atoms with Crippen LogP contribution in [0, 0.1) is 6.92 Å². The van der Waals surface area contributed by atoms with Crippen LogP contribution in [0.15, 0.2) is 36.5 Å². The highest BCUT2D eigenvalue weighted by Gasteiger charge is 2.13. The number of pyridine rings is 2. The molecule has 2 heterocycles. The number of hydrogen-bond acceptors (Lipinski definition) is 4. The summed E-state index contributed by atoms with van der Waals surface area (Å²) >= 11 is 5.73. The summed E-state index contributed by atoms with van der Waals surface area (Å²) in [6.45, 7) is 1.70. The van der Waals surface area contributed by atoms with Gasteiger partial charge < -0.3 is 0 Å². The van der Waals surface area contributed by atoms with E-state index in [4.69, 9.17) is 11.6 Å². The van der Waals surface area contributed by atoms with Gasteiger partial charge in [0.25, 0.3) is 0 Å². The maximum atomic E-state index is 12.0. The minimum atomic E-state index is -3.44. The lowest BCUT2D eigenvalue weighted by Crippen LogP contribution is -2.19. The normalized spacial score (nSPS) is 11.3. The molecule has 2 aromatic rings. The first-order valence-corrected chi connectivity index (χ1v) is 8.03. The van der Waals surface area contributed by atoms with Gasteiger partial charge in [0, 0.05) is 18.3 Å². The second-order valence-corrected chi connectivity index (χ2v) is 6.49. The fourth-order valence-electron chi connectivity index (χ4n) is 1.64. The first-order valence-electron chi connectivity index (χ1n) is 6.00. The minimum Gasteiger partial charge on any atom is -0.282 e. The lowest BCUT2D eigenvalue weighted by molar-refractivity contribution is 0.600. The van der Waals surface area contributed by atoms with Gasteiger partial charge in [-0.25, -0.2) is 13.4 Å². The van der Waals surface area contributed by atoms with E-state index in [9.17, 15) is 8.42 Å². The molecule has 0 fully saturated rings. The van der Waals surface area contributed by atoms with Gasteiger partial charge in [-0.3, -0.25) is 9.71 Å². The molecule has 20 heavy (non-hydrogen) atoms. The van der Waals surface area contributed by atoms with Crippen molar-refractivity contribution in [1.82, 2.24) is 9.97 Å². The van der Waals surface area contributed by atoms with Gasteiger partial charge in [0.15, 0.2) is 0 Å². The minimum absolute atomic E-state index is 0.0356. The molecule has 0 radical (unpaired) electrons. The Morgan fingerprint density at radius 1 is 1.25 bits per heavy atom. The fraction of sp³-hybridized carbons (Fsp3) is 0.231. The average molecular weight is 312 g/mol. The molecule has 0 atom stereocenters. The highest BCUT2D eigenvalue weighted by atomic mass is 35.5. The summed E-state index contributed by atoms with van der Waals surface area (Å²) in [5.41, 5.74) is 1.72. The molecule has 0 unspecified atom stereocenters. The molecule has 7 heteroatoms. The molecule has 1 N–H and O–H groups in total. The van der Waals surface area contributed by atoms with E-state index in [1.54, 1.807) is 37.4 Å². The standard InChI is InChI=1S/C13H14ClN3O2S/c1-10-12(5-6-13(14)16-10)17-20(18,19)9-7-11-4-2-3-8-15-11/h2-6,8,17H,7,9H2,1H3. The third kappa shape index (κ3) is 4.18. The van der Waals surface area contributed by atoms with E-state index in [0.717, 1.165) is 5.69 Å². The van der Waals surface area contributed by atoms with E-state index in [1.807, 2.05) is 6.07 Å². The molecule has 0 aliphatic carbocycles. The lowest BCUT2D eigenvalue weighted by atomic mass is 10.3. The first kappa shape index (κ1) is 14.7. The number of nitrogens with one attached hydrogen (secondary N) is 1. The van der Waals surface area contributed by atoms with Crippen LogP contribution in [0.3, 0.4) is 0 Å². The van der Waals surface area contributed by atoms with Crippen LogP contribution in [0.1, 0.15) is 11.4 Å². The highest BCUT2D eigenvalue weighted by molar-refractivity contribution is 7.92. The predicted molar refractivity (Wildman–Crippen MR) is 79.3 cm³/mol. The van der Waals surface area contributed by atoms with E-state index in [0.29, 0.717) is 23.0 Å². The van der Waals surface area contributed by atoms with Gasteiger partial charge in [-0.1, -0.05) is 17.7 Å². The van der Waals surface area contributed by atoms with Crippen LogP contribution in [0.25, 0.3) is 0 Å². The van der Waals surface area contributed by atoms with Crippen molar-refractivity contribution in [2.24, 2.45) is 0 Å². The Kier molecular flexibility index (Phi) is 4.57. The Hall–Kier alpha value is -1.66. The number of nitrogens with zero attached hydrogens (tertiary/aromatic N) is 2. The predicted octanol–water partition coefficient (Wildman–Crippen LogP) is 2.42. The summed E-state index contributed by atoms with van der Waals surface area (Å²) in [7, 11) is -3.44. The number of hydrogen-bond donors (Lipinski definition) is 1. The van der Waals surface area contributed by atoms with Gasteiger partial charge in [0.05, 0.1) is 17.1 Å². The maximum Gasteiger partial charge on any atom is 0.233 e. The molecule has 0 aliphatic heterocycles. The molecule has 0 bridgehead atoms. The number of rotatable bonds is 5. The molecular formula is C13H14ClN3O2S. The fourth-order valence-corrected chi connectivity index (χ4v) is 2.96. The van der Waals surface area contributed by atoms with Gasteiger partial charge >= 0.3 is 0 Å². The Morgan fingerprint density at radius 3 is 2.70 bits per heavy atom. The Morgan fingerprint density at radius 2 is 2.05 bits per heavy atom. The Labute approximate surface area is 123 Å². The number of sulfonamides is 1. The molecular weight excluding hydrogens is 298 g/mol. The molecule has 0 amide bonds. The van der Waals surface area contributed by atoms with Crippen molar-refractivity contribution in [2.75, 3.05) is 10.5 Å². The van der Waals surface area contributed by atoms with Crippen LogP contribution in [0.5, 0.6) is 0 Å². The lowest BCUT2D eigenvalue weighted by Gasteiger charge is -2.09. The zero-order valence-electron chi connectivity index (χ0n) is 10.9. The molecule has 0 aromatic carbocycles. The van der Waals surface area contributed by atoms with Crippen LogP contribution in [0.2, 0.25) is 5.15 Å². The number of aromatic nitrogens is 2. The van der Waals surface area contributed by atoms with Crippen molar-refractivity contribution in [1.29, 1.82) is 0 Å². The van der Waals surface area contributed by atoms with Crippen molar-refractivity contribution < 1.29 is 8.42 Å². The van der Waals surface area contributed by atoms with E-state index < -0.39 is 10.0 Å². The first-order chi connectivity index (χ1) is 9.46. The largest absolute Gasteiger partial charge is 0.282 e. The SMILES string of the molecule is Cc1nc(Cl)ccc1NS(=O)(=O)CCc1ccccn1. The van der Waals surface area contributed by atoms with Crippen LogP contribution in [-0.2, 0) is 16.4 Å². The summed E-state index contributed by atoms with van der Waals surface area (Å²) in [4.78, 5) is 8.10. The Balaban J connectivity index is 2.04. The van der Waals surface area contributed by atoms with E-state index in [-0.39, 0.29) is 5.75 Å². The van der Waals surface area contributed by atoms with Gasteiger partial charge in [0.1, 0.15) is 5.15 Å². The van der Waals surface area contributed by atoms with Crippen LogP contribution in [0.4, 0.5) is 5.69 Å². The smallest absolute Gasteiger partial charge is 0.233 e. The van der Waals surface area contributed by atoms with Crippen molar-refractivity contribution in [2.45, 2.75) is 13.3 Å². The zero-order valence-corrected chi connectivity index (χ0v) is 12.4. The second-order valence-electron chi connectivity index (χ2n) is 4.26. The van der Waals surface area contributed by atoms with Crippen molar-refractivity contribution in [3.8, 4) is 0 Å². The van der Waals surface area contributed by atoms with Gasteiger partial charge in [0.2, 0.25) is 10.0 Å². The molecule has 0 saturated heterocycles. The molecule has 2 aromatic heterocycles. The zero-order chi connectivity index (χ0) is 14.6. The van der Waals surface area contributed by atoms with Gasteiger partial charge in [-0.2, -0.15) is 0 Å². The van der Waals surface area contributed by atoms with Crippen molar-refractivity contribution in [3.63, 3.8) is 0 Å². The second kappa shape index (κ2) is 6.19. The van der Waals surface area contributed by atoms with Gasteiger partial charge in [-0.05, 0) is 31.2 Å². The van der Waals surface area contributed by atoms with E-state index >= 15 is 0 Å². The number of halogens is 1. The third-order valence-corrected chi connectivity index (χ3v) is 4.15. The molecule has 0 saturated carbocycles. The third-order valence-electron chi connectivity index (χ3n) is 2.67. The topological polar surface area (TPSA) is 72.0 Å².